The Hall–Kier alpha value is -2.60. The van der Waals surface area contributed by atoms with Crippen molar-refractivity contribution in [2.75, 3.05) is 17.4 Å². The van der Waals surface area contributed by atoms with Gasteiger partial charge < -0.3 is 10.3 Å². The molecule has 0 aliphatic carbocycles. The van der Waals surface area contributed by atoms with Crippen molar-refractivity contribution in [1.29, 1.82) is 0 Å². The van der Waals surface area contributed by atoms with Crippen LogP contribution < -0.4 is 16.2 Å². The highest BCUT2D eigenvalue weighted by molar-refractivity contribution is 5.81. The molecule has 0 amide bonds. The molecule has 0 aliphatic rings. The second-order valence-corrected chi connectivity index (χ2v) is 4.42. The standard InChI is InChI=1S/C14H16N4O2/c1-10-6-3-4-8-12(10)17(2)13-9-5-7-11(16-15)14(13)18(19)20/h3-9,16H,15H2,1-2H3. The number of nitro groups is 1. The Labute approximate surface area is 116 Å². The predicted molar refractivity (Wildman–Crippen MR) is 80.1 cm³/mol. The molecule has 3 N–H and O–H groups in total. The summed E-state index contributed by atoms with van der Waals surface area (Å²) in [7, 11) is 1.80. The molecule has 0 fully saturated rings. The van der Waals surface area contributed by atoms with Crippen molar-refractivity contribution < 1.29 is 4.92 Å². The first-order valence-corrected chi connectivity index (χ1v) is 6.09. The zero-order valence-corrected chi connectivity index (χ0v) is 11.3. The van der Waals surface area contributed by atoms with Crippen molar-refractivity contribution in [2.24, 2.45) is 5.84 Å². The van der Waals surface area contributed by atoms with E-state index >= 15 is 0 Å². The molecule has 104 valence electrons. The Morgan fingerprint density at radius 1 is 1.15 bits per heavy atom. The summed E-state index contributed by atoms with van der Waals surface area (Å²) in [5.74, 6) is 5.35. The fraction of sp³-hybridized carbons (Fsp3) is 0.143. The Bertz CT molecular complexity index is 643. The summed E-state index contributed by atoms with van der Waals surface area (Å²) in [5.41, 5.74) is 5.04. The number of nitrogens with zero attached hydrogens (tertiary/aromatic N) is 2. The molecule has 0 saturated carbocycles. The molecule has 2 aromatic carbocycles. The molecule has 2 aromatic rings. The maximum atomic E-state index is 11.3. The van der Waals surface area contributed by atoms with E-state index in [1.54, 1.807) is 30.1 Å². The summed E-state index contributed by atoms with van der Waals surface area (Å²) in [6.07, 6.45) is 0. The number of aryl methyl sites for hydroxylation is 1. The van der Waals surface area contributed by atoms with Crippen LogP contribution in [0.15, 0.2) is 42.5 Å². The van der Waals surface area contributed by atoms with E-state index in [4.69, 9.17) is 5.84 Å². The lowest BCUT2D eigenvalue weighted by Gasteiger charge is -2.22. The molecule has 6 heteroatoms. The lowest BCUT2D eigenvalue weighted by atomic mass is 10.1. The smallest absolute Gasteiger partial charge is 0.317 e. The van der Waals surface area contributed by atoms with E-state index in [0.717, 1.165) is 11.3 Å². The van der Waals surface area contributed by atoms with Crippen LogP contribution in [0.4, 0.5) is 22.7 Å². The van der Waals surface area contributed by atoms with Crippen LogP contribution in [0.2, 0.25) is 0 Å². The molecule has 0 radical (unpaired) electrons. The van der Waals surface area contributed by atoms with E-state index in [-0.39, 0.29) is 11.4 Å². The van der Waals surface area contributed by atoms with E-state index in [0.29, 0.717) is 5.69 Å². The second kappa shape index (κ2) is 5.58. The number of nitro benzene ring substituents is 1. The van der Waals surface area contributed by atoms with Gasteiger partial charge in [0.15, 0.2) is 0 Å². The Morgan fingerprint density at radius 2 is 1.80 bits per heavy atom. The summed E-state index contributed by atoms with van der Waals surface area (Å²) in [6.45, 7) is 1.96. The topological polar surface area (TPSA) is 84.4 Å². The highest BCUT2D eigenvalue weighted by Crippen LogP contribution is 2.38. The normalized spacial score (nSPS) is 10.2. The van der Waals surface area contributed by atoms with Gasteiger partial charge in [0.05, 0.1) is 4.92 Å². The first-order chi connectivity index (χ1) is 9.56. The van der Waals surface area contributed by atoms with Crippen LogP contribution in [0.3, 0.4) is 0 Å². The zero-order chi connectivity index (χ0) is 14.7. The van der Waals surface area contributed by atoms with E-state index in [1.165, 1.54) is 0 Å². The molecule has 0 heterocycles. The number of para-hydroxylation sites is 2. The van der Waals surface area contributed by atoms with Gasteiger partial charge in [-0.25, -0.2) is 0 Å². The number of nitrogens with one attached hydrogen (secondary N) is 1. The lowest BCUT2D eigenvalue weighted by molar-refractivity contribution is -0.383. The third-order valence-corrected chi connectivity index (χ3v) is 3.19. The minimum Gasteiger partial charge on any atom is -0.339 e. The zero-order valence-electron chi connectivity index (χ0n) is 11.3. The van der Waals surface area contributed by atoms with Gasteiger partial charge in [-0.15, -0.1) is 0 Å². The number of nitrogens with two attached hydrogens (primary N) is 1. The fourth-order valence-electron chi connectivity index (χ4n) is 2.18. The number of hydrogen-bond acceptors (Lipinski definition) is 5. The van der Waals surface area contributed by atoms with Crippen molar-refractivity contribution in [2.45, 2.75) is 6.92 Å². The van der Waals surface area contributed by atoms with Crippen molar-refractivity contribution >= 4 is 22.7 Å². The molecular weight excluding hydrogens is 256 g/mol. The van der Waals surface area contributed by atoms with Gasteiger partial charge in [-0.1, -0.05) is 24.3 Å². The van der Waals surface area contributed by atoms with E-state index in [9.17, 15) is 10.1 Å². The van der Waals surface area contributed by atoms with Crippen molar-refractivity contribution in [1.82, 2.24) is 0 Å². The van der Waals surface area contributed by atoms with E-state index in [2.05, 4.69) is 5.43 Å². The second-order valence-electron chi connectivity index (χ2n) is 4.42. The number of benzene rings is 2. The molecule has 0 unspecified atom stereocenters. The van der Waals surface area contributed by atoms with E-state index in [1.807, 2.05) is 31.2 Å². The minimum absolute atomic E-state index is 0.0410. The van der Waals surface area contributed by atoms with Crippen LogP contribution in [0, 0.1) is 17.0 Å². The third-order valence-electron chi connectivity index (χ3n) is 3.19. The number of nitrogen functional groups attached to an aromatic ring is 1. The van der Waals surface area contributed by atoms with Gasteiger partial charge in [-0.05, 0) is 30.7 Å². The summed E-state index contributed by atoms with van der Waals surface area (Å²) in [4.78, 5) is 12.7. The molecule has 0 saturated heterocycles. The van der Waals surface area contributed by atoms with Crippen LogP contribution in [0.5, 0.6) is 0 Å². The third kappa shape index (κ3) is 2.41. The summed E-state index contributed by atoms with van der Waals surface area (Å²) in [6, 6.07) is 12.7. The van der Waals surface area contributed by atoms with Gasteiger partial charge in [-0.3, -0.25) is 16.0 Å². The van der Waals surface area contributed by atoms with Crippen molar-refractivity contribution in [3.8, 4) is 0 Å². The summed E-state index contributed by atoms with van der Waals surface area (Å²) < 4.78 is 0. The monoisotopic (exact) mass is 272 g/mol. The molecule has 0 bridgehead atoms. The largest absolute Gasteiger partial charge is 0.339 e. The fourth-order valence-corrected chi connectivity index (χ4v) is 2.18. The van der Waals surface area contributed by atoms with Crippen LogP contribution in [0.1, 0.15) is 5.56 Å². The van der Waals surface area contributed by atoms with Crippen molar-refractivity contribution in [3.63, 3.8) is 0 Å². The van der Waals surface area contributed by atoms with Gasteiger partial charge in [0.1, 0.15) is 11.4 Å². The molecule has 0 spiro atoms. The van der Waals surface area contributed by atoms with Crippen LogP contribution in [-0.4, -0.2) is 12.0 Å². The van der Waals surface area contributed by atoms with Gasteiger partial charge >= 0.3 is 5.69 Å². The van der Waals surface area contributed by atoms with Gasteiger partial charge in [0.25, 0.3) is 0 Å². The van der Waals surface area contributed by atoms with Crippen molar-refractivity contribution in [3.05, 3.63) is 58.1 Å². The molecule has 0 aromatic heterocycles. The maximum Gasteiger partial charge on any atom is 0.317 e. The lowest BCUT2D eigenvalue weighted by Crippen LogP contribution is -2.15. The highest BCUT2D eigenvalue weighted by Gasteiger charge is 2.22. The molecule has 6 nitrogen and oxygen atoms in total. The van der Waals surface area contributed by atoms with Crippen LogP contribution in [0.25, 0.3) is 0 Å². The predicted octanol–water partition coefficient (Wildman–Crippen LogP) is 2.96. The molecule has 0 aliphatic heterocycles. The highest BCUT2D eigenvalue weighted by atomic mass is 16.6. The molecular formula is C14H16N4O2. The number of hydrogen-bond donors (Lipinski definition) is 2. The first kappa shape index (κ1) is 13.8. The molecule has 20 heavy (non-hydrogen) atoms. The number of rotatable bonds is 4. The average Bonchev–Trinajstić information content (AvgIpc) is 2.46. The first-order valence-electron chi connectivity index (χ1n) is 6.09. The maximum absolute atomic E-state index is 11.3. The van der Waals surface area contributed by atoms with Crippen LogP contribution >= 0.6 is 0 Å². The minimum atomic E-state index is -0.431. The average molecular weight is 272 g/mol. The summed E-state index contributed by atoms with van der Waals surface area (Å²) in [5, 5.41) is 11.3. The number of hydrazine groups is 1. The van der Waals surface area contributed by atoms with Gasteiger partial charge in [0.2, 0.25) is 0 Å². The Kier molecular flexibility index (Phi) is 3.86. The molecule has 2 rings (SSSR count). The van der Waals surface area contributed by atoms with Gasteiger partial charge in [-0.2, -0.15) is 0 Å². The summed E-state index contributed by atoms with van der Waals surface area (Å²) >= 11 is 0. The Balaban J connectivity index is 2.58. The van der Waals surface area contributed by atoms with Crippen LogP contribution in [-0.2, 0) is 0 Å². The number of anilines is 3. The quantitative estimate of drug-likeness (QED) is 0.508. The SMILES string of the molecule is Cc1ccccc1N(C)c1cccc(NN)c1[N+](=O)[O-]. The van der Waals surface area contributed by atoms with E-state index < -0.39 is 4.92 Å². The van der Waals surface area contributed by atoms with Gasteiger partial charge in [0, 0.05) is 12.7 Å². The Morgan fingerprint density at radius 3 is 2.40 bits per heavy atom. The molecule has 0 atom stereocenters.